The van der Waals surface area contributed by atoms with Gasteiger partial charge in [0.05, 0.1) is 0 Å². The third-order valence-corrected chi connectivity index (χ3v) is 3.47. The van der Waals surface area contributed by atoms with Crippen LogP contribution in [-0.2, 0) is 0 Å². The molecule has 1 aliphatic rings. The monoisotopic (exact) mass is 202 g/mol. The van der Waals surface area contributed by atoms with Crippen molar-refractivity contribution in [2.75, 3.05) is 24.6 Å². The number of nitrogens with zero attached hydrogens (tertiary/aromatic N) is 1. The van der Waals surface area contributed by atoms with Crippen molar-refractivity contribution in [1.82, 2.24) is 10.2 Å². The minimum Gasteiger partial charge on any atom is -0.334 e. The highest BCUT2D eigenvalue weighted by Crippen LogP contribution is 2.17. The first-order valence-corrected chi connectivity index (χ1v) is 6.06. The second-order valence-corrected chi connectivity index (χ2v) is 4.33. The van der Waals surface area contributed by atoms with Gasteiger partial charge in [-0.15, -0.1) is 0 Å². The summed E-state index contributed by atoms with van der Waals surface area (Å²) in [5, 5.41) is 3.05. The van der Waals surface area contributed by atoms with Crippen LogP contribution in [0.1, 0.15) is 20.3 Å². The molecule has 1 N–H and O–H groups in total. The van der Waals surface area contributed by atoms with Crippen LogP contribution in [0.3, 0.4) is 0 Å². The van der Waals surface area contributed by atoms with Crippen molar-refractivity contribution in [2.24, 2.45) is 0 Å². The minimum absolute atomic E-state index is 0.0949. The maximum absolute atomic E-state index is 11.6. The van der Waals surface area contributed by atoms with E-state index in [0.29, 0.717) is 6.04 Å². The molecule has 0 aliphatic carbocycles. The van der Waals surface area contributed by atoms with Crippen LogP contribution in [0.5, 0.6) is 0 Å². The summed E-state index contributed by atoms with van der Waals surface area (Å²) < 4.78 is 0. The van der Waals surface area contributed by atoms with Gasteiger partial charge in [-0.1, -0.05) is 0 Å². The molecule has 1 saturated heterocycles. The van der Waals surface area contributed by atoms with Gasteiger partial charge in [0.25, 0.3) is 0 Å². The van der Waals surface area contributed by atoms with E-state index in [2.05, 4.69) is 5.32 Å². The summed E-state index contributed by atoms with van der Waals surface area (Å²) in [6, 6.07) is 0.496. The molecular weight excluding hydrogens is 184 g/mol. The molecule has 1 heterocycles. The van der Waals surface area contributed by atoms with Crippen LogP contribution < -0.4 is 5.32 Å². The maximum Gasteiger partial charge on any atom is 0.317 e. The van der Waals surface area contributed by atoms with Gasteiger partial charge < -0.3 is 10.2 Å². The molecule has 1 atom stereocenters. The number of hydrogen-bond donors (Lipinski definition) is 1. The Labute approximate surface area is 84.2 Å². The first-order valence-electron chi connectivity index (χ1n) is 4.91. The number of hydrogen-bond acceptors (Lipinski definition) is 2. The van der Waals surface area contributed by atoms with Gasteiger partial charge in [-0.2, -0.15) is 11.8 Å². The normalized spacial score (nSPS) is 21.5. The Morgan fingerprint density at radius 3 is 2.69 bits per heavy atom. The standard InChI is InChI=1S/C9H18N2OS/c1-3-11(4-2)9(12)10-8-5-6-13-7-8/h8H,3-7H2,1-2H3,(H,10,12). The van der Waals surface area contributed by atoms with E-state index in [1.165, 1.54) is 5.75 Å². The van der Waals surface area contributed by atoms with E-state index in [1.807, 2.05) is 30.5 Å². The highest BCUT2D eigenvalue weighted by molar-refractivity contribution is 7.99. The van der Waals surface area contributed by atoms with Crippen molar-refractivity contribution in [2.45, 2.75) is 26.3 Å². The predicted molar refractivity (Wildman–Crippen MR) is 57.2 cm³/mol. The summed E-state index contributed by atoms with van der Waals surface area (Å²) in [5.41, 5.74) is 0. The number of carbonyl (C=O) groups is 1. The maximum atomic E-state index is 11.6. The van der Waals surface area contributed by atoms with Crippen LogP contribution in [-0.4, -0.2) is 41.6 Å². The van der Waals surface area contributed by atoms with E-state index in [1.54, 1.807) is 0 Å². The lowest BCUT2D eigenvalue weighted by molar-refractivity contribution is 0.200. The number of thioether (sulfide) groups is 1. The summed E-state index contributed by atoms with van der Waals surface area (Å²) >= 11 is 1.92. The number of urea groups is 1. The van der Waals surface area contributed by atoms with Crippen molar-refractivity contribution >= 4 is 17.8 Å². The van der Waals surface area contributed by atoms with E-state index in [0.717, 1.165) is 25.3 Å². The van der Waals surface area contributed by atoms with Gasteiger partial charge in [0.15, 0.2) is 0 Å². The van der Waals surface area contributed by atoms with E-state index >= 15 is 0 Å². The van der Waals surface area contributed by atoms with Crippen LogP contribution in [0.25, 0.3) is 0 Å². The van der Waals surface area contributed by atoms with E-state index in [4.69, 9.17) is 0 Å². The molecule has 0 bridgehead atoms. The first kappa shape index (κ1) is 10.7. The third-order valence-electron chi connectivity index (χ3n) is 2.31. The number of rotatable bonds is 3. The van der Waals surface area contributed by atoms with Crippen LogP contribution >= 0.6 is 11.8 Å². The Morgan fingerprint density at radius 2 is 2.23 bits per heavy atom. The summed E-state index contributed by atoms with van der Waals surface area (Å²) in [5.74, 6) is 2.26. The van der Waals surface area contributed by atoms with Crippen molar-refractivity contribution in [3.05, 3.63) is 0 Å². The van der Waals surface area contributed by atoms with Gasteiger partial charge >= 0.3 is 6.03 Å². The van der Waals surface area contributed by atoms with Crippen molar-refractivity contribution in [3.8, 4) is 0 Å². The molecule has 0 aromatic carbocycles. The summed E-state index contributed by atoms with van der Waals surface area (Å²) in [6.07, 6.45) is 1.12. The number of nitrogens with one attached hydrogen (secondary N) is 1. The molecule has 1 unspecified atom stereocenters. The quantitative estimate of drug-likeness (QED) is 0.753. The summed E-state index contributed by atoms with van der Waals surface area (Å²) in [7, 11) is 0. The molecule has 3 nitrogen and oxygen atoms in total. The molecule has 0 saturated carbocycles. The molecule has 1 aliphatic heterocycles. The van der Waals surface area contributed by atoms with Gasteiger partial charge in [-0.3, -0.25) is 0 Å². The van der Waals surface area contributed by atoms with Gasteiger partial charge in [-0.05, 0) is 26.0 Å². The second kappa shape index (κ2) is 5.37. The highest BCUT2D eigenvalue weighted by Gasteiger charge is 2.19. The summed E-state index contributed by atoms with van der Waals surface area (Å²) in [4.78, 5) is 13.4. The average Bonchev–Trinajstić information content (AvgIpc) is 2.59. The molecule has 76 valence electrons. The largest absolute Gasteiger partial charge is 0.334 e. The Morgan fingerprint density at radius 1 is 1.54 bits per heavy atom. The number of amides is 2. The lowest BCUT2D eigenvalue weighted by atomic mass is 10.3. The van der Waals surface area contributed by atoms with E-state index < -0.39 is 0 Å². The molecule has 1 fully saturated rings. The Kier molecular flexibility index (Phi) is 4.42. The van der Waals surface area contributed by atoms with Crippen LogP contribution in [0.2, 0.25) is 0 Å². The van der Waals surface area contributed by atoms with Crippen molar-refractivity contribution in [1.29, 1.82) is 0 Å². The zero-order chi connectivity index (χ0) is 9.68. The molecule has 13 heavy (non-hydrogen) atoms. The second-order valence-electron chi connectivity index (χ2n) is 3.18. The highest BCUT2D eigenvalue weighted by atomic mass is 32.2. The molecule has 0 aromatic heterocycles. The lowest BCUT2D eigenvalue weighted by Gasteiger charge is -2.21. The smallest absolute Gasteiger partial charge is 0.317 e. The zero-order valence-electron chi connectivity index (χ0n) is 8.38. The minimum atomic E-state index is 0.0949. The van der Waals surface area contributed by atoms with E-state index in [-0.39, 0.29) is 6.03 Å². The van der Waals surface area contributed by atoms with Gasteiger partial charge in [0.1, 0.15) is 0 Å². The van der Waals surface area contributed by atoms with E-state index in [9.17, 15) is 4.79 Å². The van der Waals surface area contributed by atoms with Crippen LogP contribution in [0.15, 0.2) is 0 Å². The third kappa shape index (κ3) is 3.10. The zero-order valence-corrected chi connectivity index (χ0v) is 9.19. The van der Waals surface area contributed by atoms with Gasteiger partial charge in [0, 0.05) is 24.9 Å². The molecular formula is C9H18N2OS. The lowest BCUT2D eigenvalue weighted by Crippen LogP contribution is -2.44. The molecule has 0 radical (unpaired) electrons. The van der Waals surface area contributed by atoms with Crippen LogP contribution in [0.4, 0.5) is 4.79 Å². The molecule has 0 aromatic rings. The van der Waals surface area contributed by atoms with Gasteiger partial charge in [-0.25, -0.2) is 4.79 Å². The summed E-state index contributed by atoms with van der Waals surface area (Å²) in [6.45, 7) is 5.60. The molecule has 2 amide bonds. The van der Waals surface area contributed by atoms with Crippen molar-refractivity contribution in [3.63, 3.8) is 0 Å². The Hall–Kier alpha value is -0.380. The molecule has 0 spiro atoms. The predicted octanol–water partition coefficient (Wildman–Crippen LogP) is 1.54. The molecule has 4 heteroatoms. The first-order chi connectivity index (χ1) is 6.27. The average molecular weight is 202 g/mol. The van der Waals surface area contributed by atoms with Gasteiger partial charge in [0.2, 0.25) is 0 Å². The van der Waals surface area contributed by atoms with Crippen LogP contribution in [0, 0.1) is 0 Å². The van der Waals surface area contributed by atoms with Crippen molar-refractivity contribution < 1.29 is 4.79 Å². The number of carbonyl (C=O) groups excluding carboxylic acids is 1. The fourth-order valence-corrected chi connectivity index (χ4v) is 2.58. The Balaban J connectivity index is 2.29. The SMILES string of the molecule is CCN(CC)C(=O)NC1CCSC1. The fourth-order valence-electron chi connectivity index (χ4n) is 1.43. The molecule has 1 rings (SSSR count). The fraction of sp³-hybridized carbons (Fsp3) is 0.889. The Bertz CT molecular complexity index is 165. The topological polar surface area (TPSA) is 32.3 Å².